The number of amides is 2. The summed E-state index contributed by atoms with van der Waals surface area (Å²) in [6.45, 7) is 9.03. The average Bonchev–Trinajstić information content (AvgIpc) is 2.81. The number of hydrogen-bond acceptors (Lipinski definition) is 4. The predicted octanol–water partition coefficient (Wildman–Crippen LogP) is 3.82. The van der Waals surface area contributed by atoms with E-state index in [0.717, 1.165) is 12.0 Å². The van der Waals surface area contributed by atoms with Crippen molar-refractivity contribution < 1.29 is 18.0 Å². The van der Waals surface area contributed by atoms with Crippen LogP contribution in [0.1, 0.15) is 48.2 Å². The lowest BCUT2D eigenvalue weighted by Crippen LogP contribution is -2.43. The molecule has 3 rings (SSSR count). The number of nitrogens with zero attached hydrogens (tertiary/aromatic N) is 2. The zero-order chi connectivity index (χ0) is 24.2. The van der Waals surface area contributed by atoms with E-state index < -0.39 is 10.0 Å². The molecule has 7 nitrogen and oxygen atoms in total. The number of anilines is 1. The summed E-state index contributed by atoms with van der Waals surface area (Å²) in [5.74, 6) is -0.626. The van der Waals surface area contributed by atoms with Crippen molar-refractivity contribution in [3.05, 3.63) is 59.2 Å². The fourth-order valence-corrected chi connectivity index (χ4v) is 5.87. The van der Waals surface area contributed by atoms with E-state index in [-0.39, 0.29) is 22.6 Å². The van der Waals surface area contributed by atoms with Gasteiger partial charge in [-0.3, -0.25) is 9.59 Å². The monoisotopic (exact) mass is 471 g/mol. The van der Waals surface area contributed by atoms with Gasteiger partial charge in [0.1, 0.15) is 0 Å². The first-order valence-electron chi connectivity index (χ1n) is 11.4. The quantitative estimate of drug-likeness (QED) is 0.665. The summed E-state index contributed by atoms with van der Waals surface area (Å²) in [5.41, 5.74) is 2.78. The number of aryl methyl sites for hydroxylation is 2. The Labute approximate surface area is 196 Å². The molecular weight excluding hydrogens is 438 g/mol. The molecule has 2 aromatic carbocycles. The minimum atomic E-state index is -3.64. The molecular formula is C25H33N3O4S. The number of carbonyl (C=O) groups excluding carboxylic acids is 2. The molecule has 0 aliphatic carbocycles. The number of nitrogens with one attached hydrogen (secondary N) is 1. The number of likely N-dealkylation sites (tertiary alicyclic amines) is 1. The van der Waals surface area contributed by atoms with Crippen molar-refractivity contribution in [2.45, 2.75) is 45.4 Å². The third kappa shape index (κ3) is 5.62. The molecule has 1 fully saturated rings. The van der Waals surface area contributed by atoms with Crippen LogP contribution < -0.4 is 5.32 Å². The summed E-state index contributed by atoms with van der Waals surface area (Å²) < 4.78 is 27.4. The van der Waals surface area contributed by atoms with Crippen LogP contribution in [0.5, 0.6) is 0 Å². The van der Waals surface area contributed by atoms with Gasteiger partial charge in [-0.2, -0.15) is 4.31 Å². The largest absolute Gasteiger partial charge is 0.338 e. The normalized spacial score (nSPS) is 16.6. The van der Waals surface area contributed by atoms with Crippen molar-refractivity contribution in [1.29, 1.82) is 0 Å². The van der Waals surface area contributed by atoms with Gasteiger partial charge >= 0.3 is 0 Å². The highest BCUT2D eigenvalue weighted by atomic mass is 32.2. The van der Waals surface area contributed by atoms with Crippen LogP contribution in [0.3, 0.4) is 0 Å². The number of benzene rings is 2. The van der Waals surface area contributed by atoms with Gasteiger partial charge in [-0.25, -0.2) is 8.42 Å². The Balaban J connectivity index is 1.73. The Bertz CT molecular complexity index is 1110. The summed E-state index contributed by atoms with van der Waals surface area (Å²) >= 11 is 0. The molecule has 1 aliphatic rings. The minimum Gasteiger partial charge on any atom is -0.338 e. The molecule has 1 saturated heterocycles. The van der Waals surface area contributed by atoms with Gasteiger partial charge in [0.25, 0.3) is 5.91 Å². The zero-order valence-electron chi connectivity index (χ0n) is 19.8. The molecule has 0 spiro atoms. The van der Waals surface area contributed by atoms with E-state index in [2.05, 4.69) is 5.32 Å². The minimum absolute atomic E-state index is 0.0737. The molecule has 178 valence electrons. The van der Waals surface area contributed by atoms with E-state index in [4.69, 9.17) is 0 Å². The lowest BCUT2D eigenvalue weighted by atomic mass is 9.96. The Morgan fingerprint density at radius 3 is 2.36 bits per heavy atom. The smallest absolute Gasteiger partial charge is 0.253 e. The number of carbonyl (C=O) groups is 2. The molecule has 2 amide bonds. The first-order valence-corrected chi connectivity index (χ1v) is 12.9. The molecule has 2 aromatic rings. The molecule has 1 atom stereocenters. The van der Waals surface area contributed by atoms with Crippen molar-refractivity contribution in [3.8, 4) is 0 Å². The molecule has 0 saturated carbocycles. The average molecular weight is 472 g/mol. The highest BCUT2D eigenvalue weighted by molar-refractivity contribution is 7.89. The Morgan fingerprint density at radius 2 is 1.73 bits per heavy atom. The second-order valence-corrected chi connectivity index (χ2v) is 10.4. The van der Waals surface area contributed by atoms with Gasteiger partial charge in [0.15, 0.2) is 0 Å². The molecule has 0 bridgehead atoms. The van der Waals surface area contributed by atoms with E-state index >= 15 is 0 Å². The summed E-state index contributed by atoms with van der Waals surface area (Å²) in [7, 11) is -3.64. The van der Waals surface area contributed by atoms with Gasteiger partial charge in [0.05, 0.1) is 10.8 Å². The zero-order valence-corrected chi connectivity index (χ0v) is 20.6. The van der Waals surface area contributed by atoms with E-state index in [1.54, 1.807) is 37.8 Å². The molecule has 8 heteroatoms. The molecule has 1 aliphatic heterocycles. The summed E-state index contributed by atoms with van der Waals surface area (Å²) in [5, 5.41) is 2.87. The highest BCUT2D eigenvalue weighted by Gasteiger charge is 2.30. The maximum Gasteiger partial charge on any atom is 0.253 e. The number of sulfonamides is 1. The number of rotatable bonds is 7. The summed E-state index contributed by atoms with van der Waals surface area (Å²) in [4.78, 5) is 27.8. The van der Waals surface area contributed by atoms with E-state index in [9.17, 15) is 18.0 Å². The van der Waals surface area contributed by atoms with Gasteiger partial charge in [-0.1, -0.05) is 37.6 Å². The summed E-state index contributed by atoms with van der Waals surface area (Å²) in [6, 6.07) is 12.4. The molecule has 1 N–H and O–H groups in total. The van der Waals surface area contributed by atoms with Crippen molar-refractivity contribution in [1.82, 2.24) is 9.21 Å². The van der Waals surface area contributed by atoms with Gasteiger partial charge < -0.3 is 10.2 Å². The topological polar surface area (TPSA) is 86.8 Å². The van der Waals surface area contributed by atoms with Crippen molar-refractivity contribution in [2.24, 2.45) is 5.92 Å². The predicted molar refractivity (Wildman–Crippen MR) is 130 cm³/mol. The van der Waals surface area contributed by atoms with Gasteiger partial charge in [0, 0.05) is 37.4 Å². The van der Waals surface area contributed by atoms with Crippen LogP contribution in [0.2, 0.25) is 0 Å². The van der Waals surface area contributed by atoms with Crippen LogP contribution >= 0.6 is 0 Å². The van der Waals surface area contributed by atoms with Crippen LogP contribution in [0.4, 0.5) is 5.69 Å². The fourth-order valence-electron chi connectivity index (χ4n) is 4.16. The Kier molecular flexibility index (Phi) is 7.92. The second kappa shape index (κ2) is 10.5. The lowest BCUT2D eigenvalue weighted by molar-refractivity contribution is -0.121. The van der Waals surface area contributed by atoms with Crippen molar-refractivity contribution in [2.75, 3.05) is 31.5 Å². The maximum atomic E-state index is 13.0. The molecule has 1 unspecified atom stereocenters. The number of hydrogen-bond donors (Lipinski definition) is 1. The Hall–Kier alpha value is -2.71. The van der Waals surface area contributed by atoms with Crippen LogP contribution in [0, 0.1) is 19.8 Å². The highest BCUT2D eigenvalue weighted by Crippen LogP contribution is 2.25. The number of piperidine rings is 1. The Morgan fingerprint density at radius 1 is 1.06 bits per heavy atom. The van der Waals surface area contributed by atoms with E-state index in [0.29, 0.717) is 49.4 Å². The maximum absolute atomic E-state index is 13.0. The fraction of sp³-hybridized carbons (Fsp3) is 0.440. The van der Waals surface area contributed by atoms with E-state index in [1.807, 2.05) is 31.2 Å². The van der Waals surface area contributed by atoms with Crippen molar-refractivity contribution in [3.63, 3.8) is 0 Å². The standard InChI is InChI=1S/C25H33N3O4S/c1-5-28(6-2)33(31,32)23-16-22(14-11-19(23)4)26-24(29)21-8-7-15-27(17-21)25(30)20-12-9-18(3)10-13-20/h9-14,16,21H,5-8,15,17H2,1-4H3,(H,26,29). The van der Waals surface area contributed by atoms with Crippen LogP contribution in [-0.2, 0) is 14.8 Å². The molecule has 1 heterocycles. The van der Waals surface area contributed by atoms with Crippen LogP contribution in [0.25, 0.3) is 0 Å². The first-order chi connectivity index (χ1) is 15.7. The third-order valence-electron chi connectivity index (χ3n) is 6.16. The van der Waals surface area contributed by atoms with E-state index in [1.165, 1.54) is 10.4 Å². The molecule has 33 heavy (non-hydrogen) atoms. The van der Waals surface area contributed by atoms with Crippen molar-refractivity contribution >= 4 is 27.5 Å². The van der Waals surface area contributed by atoms with Gasteiger partial charge in [0.2, 0.25) is 15.9 Å². The first kappa shape index (κ1) is 24.9. The third-order valence-corrected chi connectivity index (χ3v) is 8.35. The van der Waals surface area contributed by atoms with Crippen LogP contribution in [-0.4, -0.2) is 55.6 Å². The summed E-state index contributed by atoms with van der Waals surface area (Å²) in [6.07, 6.45) is 1.42. The van der Waals surface area contributed by atoms with Gasteiger partial charge in [-0.05, 0) is 56.5 Å². The second-order valence-electron chi connectivity index (χ2n) is 8.52. The van der Waals surface area contributed by atoms with Crippen LogP contribution in [0.15, 0.2) is 47.4 Å². The molecule has 0 radical (unpaired) electrons. The lowest BCUT2D eigenvalue weighted by Gasteiger charge is -2.32. The van der Waals surface area contributed by atoms with Gasteiger partial charge in [-0.15, -0.1) is 0 Å². The molecule has 0 aromatic heterocycles. The SMILES string of the molecule is CCN(CC)S(=O)(=O)c1cc(NC(=O)C2CCCN(C(=O)c3ccc(C)cc3)C2)ccc1C.